The summed E-state index contributed by atoms with van der Waals surface area (Å²) in [4.78, 5) is 14.1. The van der Waals surface area contributed by atoms with Crippen LogP contribution in [-0.4, -0.2) is 47.1 Å². The summed E-state index contributed by atoms with van der Waals surface area (Å²) in [5, 5.41) is 10.4. The topological polar surface area (TPSA) is 49.8 Å². The third kappa shape index (κ3) is 2.56. The van der Waals surface area contributed by atoms with Crippen LogP contribution in [-0.2, 0) is 0 Å². The quantitative estimate of drug-likeness (QED) is 0.890. The lowest BCUT2D eigenvalue weighted by atomic mass is 10.1. The minimum absolute atomic E-state index is 0.0733. The summed E-state index contributed by atoms with van der Waals surface area (Å²) >= 11 is 1.87. The van der Waals surface area contributed by atoms with Gasteiger partial charge in [0.15, 0.2) is 11.5 Å². The Bertz CT molecular complexity index is 450. The van der Waals surface area contributed by atoms with E-state index in [-0.39, 0.29) is 11.7 Å². The standard InChI is InChI=1S/C13H17NO3S/c1-9-8-14(6-7-18-9)13(16)10-4-3-5-11(17-2)12(10)15/h3-5,9,15H,6-8H2,1-2H3. The summed E-state index contributed by atoms with van der Waals surface area (Å²) in [5.41, 5.74) is 0.313. The van der Waals surface area contributed by atoms with E-state index in [2.05, 4.69) is 6.92 Å². The highest BCUT2D eigenvalue weighted by Gasteiger charge is 2.25. The summed E-state index contributed by atoms with van der Waals surface area (Å²) in [7, 11) is 1.48. The smallest absolute Gasteiger partial charge is 0.257 e. The molecule has 0 bridgehead atoms. The Labute approximate surface area is 111 Å². The molecule has 1 atom stereocenters. The number of methoxy groups -OCH3 is 1. The first-order valence-corrected chi connectivity index (χ1v) is 6.95. The number of phenolic OH excluding ortho intramolecular Hbond substituents is 1. The van der Waals surface area contributed by atoms with Crippen molar-refractivity contribution in [2.45, 2.75) is 12.2 Å². The van der Waals surface area contributed by atoms with Crippen LogP contribution >= 0.6 is 11.8 Å². The normalized spacial score (nSPS) is 19.7. The number of benzene rings is 1. The molecule has 1 amide bonds. The fourth-order valence-corrected chi connectivity index (χ4v) is 3.05. The van der Waals surface area contributed by atoms with Crippen molar-refractivity contribution in [2.75, 3.05) is 26.0 Å². The van der Waals surface area contributed by atoms with E-state index in [0.717, 1.165) is 18.8 Å². The summed E-state index contributed by atoms with van der Waals surface area (Å²) in [5.74, 6) is 1.08. The first-order valence-electron chi connectivity index (χ1n) is 5.90. The molecule has 1 aromatic carbocycles. The first kappa shape index (κ1) is 13.1. The molecule has 0 aromatic heterocycles. The molecule has 1 aliphatic rings. The van der Waals surface area contributed by atoms with Crippen molar-refractivity contribution < 1.29 is 14.6 Å². The van der Waals surface area contributed by atoms with Gasteiger partial charge in [-0.05, 0) is 12.1 Å². The van der Waals surface area contributed by atoms with E-state index in [1.54, 1.807) is 23.1 Å². The number of hydrogen-bond donors (Lipinski definition) is 1. The van der Waals surface area contributed by atoms with Gasteiger partial charge in [-0.25, -0.2) is 0 Å². The minimum Gasteiger partial charge on any atom is -0.504 e. The predicted molar refractivity (Wildman–Crippen MR) is 72.5 cm³/mol. The molecule has 5 heteroatoms. The molecule has 1 aromatic rings. The highest BCUT2D eigenvalue weighted by atomic mass is 32.2. The van der Waals surface area contributed by atoms with Crippen molar-refractivity contribution >= 4 is 17.7 Å². The van der Waals surface area contributed by atoms with E-state index in [1.807, 2.05) is 11.8 Å². The largest absolute Gasteiger partial charge is 0.504 e. The second kappa shape index (κ2) is 5.52. The number of amides is 1. The zero-order chi connectivity index (χ0) is 13.1. The Hall–Kier alpha value is -1.36. The van der Waals surface area contributed by atoms with Crippen molar-refractivity contribution in [3.05, 3.63) is 23.8 Å². The lowest BCUT2D eigenvalue weighted by molar-refractivity contribution is 0.0759. The Morgan fingerprint density at radius 3 is 3.00 bits per heavy atom. The van der Waals surface area contributed by atoms with Crippen LogP contribution in [0.15, 0.2) is 18.2 Å². The number of carbonyl (C=O) groups excluding carboxylic acids is 1. The van der Waals surface area contributed by atoms with Crippen LogP contribution in [0.4, 0.5) is 0 Å². The number of thioether (sulfide) groups is 1. The maximum Gasteiger partial charge on any atom is 0.257 e. The molecule has 0 spiro atoms. The molecule has 1 aliphatic heterocycles. The Morgan fingerprint density at radius 2 is 2.33 bits per heavy atom. The monoisotopic (exact) mass is 267 g/mol. The van der Waals surface area contributed by atoms with Crippen molar-refractivity contribution in [1.29, 1.82) is 0 Å². The SMILES string of the molecule is COc1cccc(C(=O)N2CCSC(C)C2)c1O. The number of para-hydroxylation sites is 1. The number of phenols is 1. The van der Waals surface area contributed by atoms with Gasteiger partial charge < -0.3 is 14.7 Å². The summed E-state index contributed by atoms with van der Waals surface area (Å²) in [6, 6.07) is 4.99. The van der Waals surface area contributed by atoms with Gasteiger partial charge in [-0.2, -0.15) is 11.8 Å². The number of aromatic hydroxyl groups is 1. The third-order valence-electron chi connectivity index (χ3n) is 2.98. The van der Waals surface area contributed by atoms with Gasteiger partial charge in [0, 0.05) is 24.1 Å². The Morgan fingerprint density at radius 1 is 1.56 bits per heavy atom. The van der Waals surface area contributed by atoms with Crippen LogP contribution in [0.3, 0.4) is 0 Å². The van der Waals surface area contributed by atoms with Gasteiger partial charge in [0.25, 0.3) is 5.91 Å². The number of nitrogens with zero attached hydrogens (tertiary/aromatic N) is 1. The van der Waals surface area contributed by atoms with E-state index < -0.39 is 0 Å². The number of hydrogen-bond acceptors (Lipinski definition) is 4. The average molecular weight is 267 g/mol. The number of rotatable bonds is 2. The molecule has 18 heavy (non-hydrogen) atoms. The second-order valence-electron chi connectivity index (χ2n) is 4.29. The minimum atomic E-state index is -0.126. The highest BCUT2D eigenvalue weighted by Crippen LogP contribution is 2.31. The van der Waals surface area contributed by atoms with Gasteiger partial charge >= 0.3 is 0 Å². The lowest BCUT2D eigenvalue weighted by Crippen LogP contribution is -2.41. The maximum absolute atomic E-state index is 12.3. The van der Waals surface area contributed by atoms with Gasteiger partial charge in [-0.3, -0.25) is 4.79 Å². The molecule has 0 aliphatic carbocycles. The fraction of sp³-hybridized carbons (Fsp3) is 0.462. The summed E-state index contributed by atoms with van der Waals surface area (Å²) in [6.45, 7) is 3.56. The molecule has 2 rings (SSSR count). The molecule has 1 N–H and O–H groups in total. The third-order valence-corrected chi connectivity index (χ3v) is 4.11. The van der Waals surface area contributed by atoms with Gasteiger partial charge in [-0.1, -0.05) is 13.0 Å². The van der Waals surface area contributed by atoms with Crippen molar-refractivity contribution in [2.24, 2.45) is 0 Å². The number of carbonyl (C=O) groups is 1. The van der Waals surface area contributed by atoms with E-state index in [4.69, 9.17) is 4.74 Å². The van der Waals surface area contributed by atoms with Crippen molar-refractivity contribution in [3.8, 4) is 11.5 Å². The molecule has 1 unspecified atom stereocenters. The average Bonchev–Trinajstić information content (AvgIpc) is 2.38. The second-order valence-corrected chi connectivity index (χ2v) is 5.84. The van der Waals surface area contributed by atoms with Gasteiger partial charge in [0.1, 0.15) is 0 Å². The highest BCUT2D eigenvalue weighted by molar-refractivity contribution is 7.99. The van der Waals surface area contributed by atoms with E-state index in [1.165, 1.54) is 7.11 Å². The zero-order valence-electron chi connectivity index (χ0n) is 10.5. The molecule has 0 radical (unpaired) electrons. The fourth-order valence-electron chi connectivity index (χ4n) is 2.03. The Kier molecular flexibility index (Phi) is 4.01. The number of ether oxygens (including phenoxy) is 1. The maximum atomic E-state index is 12.3. The van der Waals surface area contributed by atoms with Gasteiger partial charge in [-0.15, -0.1) is 0 Å². The van der Waals surface area contributed by atoms with Crippen molar-refractivity contribution in [3.63, 3.8) is 0 Å². The molecule has 1 saturated heterocycles. The molecule has 4 nitrogen and oxygen atoms in total. The van der Waals surface area contributed by atoms with Crippen molar-refractivity contribution in [1.82, 2.24) is 4.90 Å². The molecular weight excluding hydrogens is 250 g/mol. The van der Waals surface area contributed by atoms with Crippen LogP contribution in [0.25, 0.3) is 0 Å². The van der Waals surface area contributed by atoms with Crippen LogP contribution in [0.5, 0.6) is 11.5 Å². The molecule has 98 valence electrons. The van der Waals surface area contributed by atoms with Gasteiger partial charge in [0.2, 0.25) is 0 Å². The van der Waals surface area contributed by atoms with Gasteiger partial charge in [0.05, 0.1) is 12.7 Å². The molecular formula is C13H17NO3S. The van der Waals surface area contributed by atoms with Crippen LogP contribution in [0.2, 0.25) is 0 Å². The van der Waals surface area contributed by atoms with Crippen LogP contribution < -0.4 is 4.74 Å². The Balaban J connectivity index is 2.23. The first-order chi connectivity index (χ1) is 8.63. The predicted octanol–water partition coefficient (Wildman–Crippen LogP) is 1.98. The zero-order valence-corrected chi connectivity index (χ0v) is 11.4. The van der Waals surface area contributed by atoms with E-state index >= 15 is 0 Å². The summed E-state index contributed by atoms with van der Waals surface area (Å²) in [6.07, 6.45) is 0. The van der Waals surface area contributed by atoms with Crippen LogP contribution in [0, 0.1) is 0 Å². The van der Waals surface area contributed by atoms with E-state index in [0.29, 0.717) is 16.6 Å². The molecule has 1 fully saturated rings. The molecule has 1 heterocycles. The lowest BCUT2D eigenvalue weighted by Gasteiger charge is -2.30. The van der Waals surface area contributed by atoms with E-state index in [9.17, 15) is 9.90 Å². The van der Waals surface area contributed by atoms with Crippen LogP contribution in [0.1, 0.15) is 17.3 Å². The summed E-state index contributed by atoms with van der Waals surface area (Å²) < 4.78 is 5.02. The molecule has 0 saturated carbocycles.